The molecule has 1 amide bonds. The van der Waals surface area contributed by atoms with E-state index in [0.717, 1.165) is 41.3 Å². The number of ether oxygens (including phenoxy) is 1. The smallest absolute Gasteiger partial charge is 0.243 e. The number of aryl methyl sites for hydroxylation is 1. The van der Waals surface area contributed by atoms with Crippen LogP contribution in [-0.4, -0.2) is 42.9 Å². The molecule has 0 fully saturated rings. The fraction of sp³-hybridized carbons (Fsp3) is 0.364. The lowest BCUT2D eigenvalue weighted by Gasteiger charge is -2.36. The van der Waals surface area contributed by atoms with E-state index in [4.69, 9.17) is 10.5 Å². The van der Waals surface area contributed by atoms with Crippen molar-refractivity contribution in [3.05, 3.63) is 95.3 Å². The van der Waals surface area contributed by atoms with Gasteiger partial charge in [-0.1, -0.05) is 30.3 Å². The molecule has 3 aromatic carbocycles. The predicted octanol–water partition coefficient (Wildman–Crippen LogP) is 4.65. The monoisotopic (exact) mass is 586 g/mol. The summed E-state index contributed by atoms with van der Waals surface area (Å²) in [5, 5.41) is 4.92. The lowest BCUT2D eigenvalue weighted by molar-refractivity contribution is -0.123. The molecule has 1 aliphatic heterocycles. The van der Waals surface area contributed by atoms with Gasteiger partial charge in [0.15, 0.2) is 0 Å². The molecule has 0 saturated heterocycles. The van der Waals surface area contributed by atoms with Gasteiger partial charge in [-0.3, -0.25) is 4.79 Å². The molecule has 4 aromatic rings. The van der Waals surface area contributed by atoms with Gasteiger partial charge in [-0.2, -0.15) is 4.31 Å². The van der Waals surface area contributed by atoms with Gasteiger partial charge in [0.2, 0.25) is 15.9 Å². The SMILES string of the molecule is COc1ccc2cc(S(=O)(=O)N3CCn4cccc4C3CC(=O)NC3CCc4cc(C(C)(C)N)ccc4C3)ccc2c1. The Hall–Kier alpha value is -3.66. The summed E-state index contributed by atoms with van der Waals surface area (Å²) in [5.74, 6) is 0.570. The van der Waals surface area contributed by atoms with E-state index in [0.29, 0.717) is 18.8 Å². The minimum absolute atomic E-state index is 0.000325. The summed E-state index contributed by atoms with van der Waals surface area (Å²) < 4.78 is 37.0. The molecule has 2 heterocycles. The van der Waals surface area contributed by atoms with Gasteiger partial charge in [0.25, 0.3) is 0 Å². The molecule has 0 radical (unpaired) electrons. The first-order valence-electron chi connectivity index (χ1n) is 14.5. The van der Waals surface area contributed by atoms with Gasteiger partial charge in [-0.25, -0.2) is 8.42 Å². The Bertz CT molecular complexity index is 1760. The quantitative estimate of drug-likeness (QED) is 0.328. The normalized spacial score (nSPS) is 19.2. The standard InChI is InChI=1S/C33H38N4O4S/c1-33(2,34)26-10-6-23-18-27(11-7-22(23)17-26)35-32(38)21-31-30-5-4-14-36(30)15-16-37(31)42(39,40)29-13-9-24-19-28(41-3)12-8-25(24)20-29/h4-6,8-10,12-14,17,19-20,27,31H,7,11,15-16,18,21,34H2,1-3H3,(H,35,38). The highest BCUT2D eigenvalue weighted by molar-refractivity contribution is 7.89. The van der Waals surface area contributed by atoms with Crippen molar-refractivity contribution >= 4 is 26.7 Å². The van der Waals surface area contributed by atoms with E-state index in [1.54, 1.807) is 25.3 Å². The van der Waals surface area contributed by atoms with E-state index in [1.807, 2.05) is 54.9 Å². The van der Waals surface area contributed by atoms with Crippen molar-refractivity contribution in [2.45, 2.75) is 68.6 Å². The molecular weight excluding hydrogens is 548 g/mol. The minimum atomic E-state index is -3.88. The van der Waals surface area contributed by atoms with Crippen molar-refractivity contribution in [1.29, 1.82) is 0 Å². The number of sulfonamides is 1. The van der Waals surface area contributed by atoms with Gasteiger partial charge in [0, 0.05) is 43.0 Å². The maximum Gasteiger partial charge on any atom is 0.243 e. The van der Waals surface area contributed by atoms with E-state index in [2.05, 4.69) is 23.5 Å². The van der Waals surface area contributed by atoms with E-state index in [1.165, 1.54) is 15.4 Å². The van der Waals surface area contributed by atoms with Crippen LogP contribution in [0.4, 0.5) is 0 Å². The molecular formula is C33H38N4O4S. The number of nitrogens with two attached hydrogens (primary N) is 1. The van der Waals surface area contributed by atoms with Crippen LogP contribution in [0.25, 0.3) is 10.8 Å². The van der Waals surface area contributed by atoms with Gasteiger partial charge in [-0.15, -0.1) is 0 Å². The average molecular weight is 587 g/mol. The number of benzene rings is 3. The number of aromatic nitrogens is 1. The maximum atomic E-state index is 14.1. The summed E-state index contributed by atoms with van der Waals surface area (Å²) in [6.45, 7) is 4.83. The zero-order valence-corrected chi connectivity index (χ0v) is 25.2. The summed E-state index contributed by atoms with van der Waals surface area (Å²) in [6, 6.07) is 20.3. The topological polar surface area (TPSA) is 107 Å². The molecule has 1 aliphatic carbocycles. The summed E-state index contributed by atoms with van der Waals surface area (Å²) >= 11 is 0. The Morgan fingerprint density at radius 2 is 1.81 bits per heavy atom. The number of carbonyl (C=O) groups excluding carboxylic acids is 1. The Labute approximate surface area is 247 Å². The summed E-state index contributed by atoms with van der Waals surface area (Å²) in [5.41, 5.74) is 10.4. The third-order valence-electron chi connectivity index (χ3n) is 8.66. The van der Waals surface area contributed by atoms with Crippen LogP contribution in [0.3, 0.4) is 0 Å². The lowest BCUT2D eigenvalue weighted by Crippen LogP contribution is -2.45. The zero-order chi connectivity index (χ0) is 29.6. The number of amides is 1. The molecule has 42 heavy (non-hydrogen) atoms. The predicted molar refractivity (Wildman–Crippen MR) is 164 cm³/mol. The maximum absolute atomic E-state index is 14.1. The fourth-order valence-corrected chi connectivity index (χ4v) is 7.93. The number of nitrogens with zero attached hydrogens (tertiary/aromatic N) is 2. The number of methoxy groups -OCH3 is 1. The zero-order valence-electron chi connectivity index (χ0n) is 24.3. The molecule has 2 unspecified atom stereocenters. The first kappa shape index (κ1) is 28.5. The van der Waals surface area contributed by atoms with Crippen molar-refractivity contribution < 1.29 is 17.9 Å². The Morgan fingerprint density at radius 3 is 2.60 bits per heavy atom. The highest BCUT2D eigenvalue weighted by Crippen LogP contribution is 2.35. The molecule has 220 valence electrons. The van der Waals surface area contributed by atoms with Crippen molar-refractivity contribution in [2.24, 2.45) is 5.73 Å². The Balaban J connectivity index is 1.21. The van der Waals surface area contributed by atoms with Crippen LogP contribution < -0.4 is 15.8 Å². The van der Waals surface area contributed by atoms with Crippen LogP contribution in [0.5, 0.6) is 5.75 Å². The second kappa shape index (κ2) is 10.9. The van der Waals surface area contributed by atoms with Crippen LogP contribution in [0.2, 0.25) is 0 Å². The Kier molecular flexibility index (Phi) is 7.37. The molecule has 2 atom stereocenters. The van der Waals surface area contributed by atoms with Gasteiger partial charge in [0.1, 0.15) is 5.75 Å². The molecule has 0 saturated carbocycles. The number of hydrogen-bond donors (Lipinski definition) is 2. The second-order valence-electron chi connectivity index (χ2n) is 12.0. The number of fused-ring (bicyclic) bond motifs is 3. The van der Waals surface area contributed by atoms with Crippen LogP contribution >= 0.6 is 0 Å². The van der Waals surface area contributed by atoms with Gasteiger partial charge in [0.05, 0.1) is 18.0 Å². The summed E-state index contributed by atoms with van der Waals surface area (Å²) in [4.78, 5) is 13.7. The largest absolute Gasteiger partial charge is 0.497 e. The van der Waals surface area contributed by atoms with Crippen molar-refractivity contribution in [3.63, 3.8) is 0 Å². The van der Waals surface area contributed by atoms with Crippen LogP contribution in [-0.2, 0) is 39.7 Å². The third kappa shape index (κ3) is 5.44. The molecule has 6 rings (SSSR count). The second-order valence-corrected chi connectivity index (χ2v) is 13.9. The molecule has 3 N–H and O–H groups in total. The summed E-state index contributed by atoms with van der Waals surface area (Å²) in [6.07, 6.45) is 4.44. The minimum Gasteiger partial charge on any atom is -0.497 e. The number of rotatable bonds is 7. The van der Waals surface area contributed by atoms with E-state index < -0.39 is 21.6 Å². The van der Waals surface area contributed by atoms with Crippen molar-refractivity contribution in [2.75, 3.05) is 13.7 Å². The Morgan fingerprint density at radius 1 is 1.02 bits per heavy atom. The number of nitrogens with one attached hydrogen (secondary N) is 1. The highest BCUT2D eigenvalue weighted by Gasteiger charge is 2.38. The first-order valence-corrected chi connectivity index (χ1v) is 15.9. The highest BCUT2D eigenvalue weighted by atomic mass is 32.2. The van der Waals surface area contributed by atoms with Gasteiger partial charge in [-0.05, 0) is 97.0 Å². The van der Waals surface area contributed by atoms with Crippen LogP contribution in [0, 0.1) is 0 Å². The fourth-order valence-electron chi connectivity index (χ4n) is 6.30. The molecule has 9 heteroatoms. The third-order valence-corrected chi connectivity index (χ3v) is 10.6. The van der Waals surface area contributed by atoms with Gasteiger partial charge < -0.3 is 20.4 Å². The molecule has 8 nitrogen and oxygen atoms in total. The van der Waals surface area contributed by atoms with Crippen LogP contribution in [0.1, 0.15) is 55.1 Å². The van der Waals surface area contributed by atoms with E-state index in [9.17, 15) is 13.2 Å². The molecule has 1 aromatic heterocycles. The van der Waals surface area contributed by atoms with E-state index in [-0.39, 0.29) is 23.3 Å². The van der Waals surface area contributed by atoms with Crippen molar-refractivity contribution in [1.82, 2.24) is 14.2 Å². The molecule has 2 aliphatic rings. The number of hydrogen-bond acceptors (Lipinski definition) is 5. The van der Waals surface area contributed by atoms with Gasteiger partial charge >= 0.3 is 0 Å². The average Bonchev–Trinajstić information content (AvgIpc) is 3.45. The first-order chi connectivity index (χ1) is 20.0. The lowest BCUT2D eigenvalue weighted by atomic mass is 9.84. The number of carbonyl (C=O) groups is 1. The van der Waals surface area contributed by atoms with E-state index >= 15 is 0 Å². The molecule has 0 spiro atoms. The van der Waals surface area contributed by atoms with Crippen LogP contribution in [0.15, 0.2) is 77.8 Å². The van der Waals surface area contributed by atoms with Crippen molar-refractivity contribution in [3.8, 4) is 5.75 Å². The summed E-state index contributed by atoms with van der Waals surface area (Å²) in [7, 11) is -2.27. The molecule has 0 bridgehead atoms.